The molecule has 0 aromatic rings. The number of carbonyl (C=O) groups is 1. The quantitative estimate of drug-likeness (QED) is 0.627. The van der Waals surface area contributed by atoms with Gasteiger partial charge in [0.2, 0.25) is 5.12 Å². The molecule has 0 N–H and O–H groups in total. The fourth-order valence-electron chi connectivity index (χ4n) is 0.961. The molecule has 1 aliphatic rings. The molecule has 1 heterocycles. The van der Waals surface area contributed by atoms with Crippen LogP contribution in [0.15, 0.2) is 23.9 Å². The molecule has 0 unspecified atom stereocenters. The Bertz CT molecular complexity index is 220. The molecule has 1 aliphatic heterocycles. The van der Waals surface area contributed by atoms with Crippen LogP contribution in [-0.2, 0) is 4.79 Å². The van der Waals surface area contributed by atoms with Crippen molar-refractivity contribution in [2.24, 2.45) is 0 Å². The maximum Gasteiger partial charge on any atom is 0.214 e. The Balaban J connectivity index is 2.64. The van der Waals surface area contributed by atoms with Crippen LogP contribution in [0.2, 0.25) is 0 Å². The third kappa shape index (κ3) is 2.12. The van der Waals surface area contributed by atoms with E-state index in [9.17, 15) is 4.79 Å². The second-order valence-corrected chi connectivity index (χ2v) is 2.81. The Morgan fingerprint density at radius 3 is 3.09 bits per heavy atom. The summed E-state index contributed by atoms with van der Waals surface area (Å²) in [5.74, 6) is 0. The van der Waals surface area contributed by atoms with Gasteiger partial charge in [0.1, 0.15) is 0 Å². The predicted octanol–water partition coefficient (Wildman–Crippen LogP) is 1.22. The number of carbonyl (C=O) groups excluding carboxylic acids is 1. The summed E-state index contributed by atoms with van der Waals surface area (Å²) >= 11 is 3.75. The number of hydrogen-bond donors (Lipinski definition) is 1. The molecule has 0 spiro atoms. The largest absolute Gasteiger partial charge is 0.373 e. The first-order valence-electron chi connectivity index (χ1n) is 3.58. The molecule has 0 fully saturated rings. The van der Waals surface area contributed by atoms with Crippen molar-refractivity contribution >= 4 is 17.7 Å². The fourth-order valence-corrected chi connectivity index (χ4v) is 1.11. The number of thiol groups is 1. The summed E-state index contributed by atoms with van der Waals surface area (Å²) in [7, 11) is 0. The maximum atomic E-state index is 10.8. The smallest absolute Gasteiger partial charge is 0.214 e. The van der Waals surface area contributed by atoms with Crippen molar-refractivity contribution in [3.63, 3.8) is 0 Å². The zero-order valence-corrected chi connectivity index (χ0v) is 7.34. The number of allylic oxidation sites excluding steroid dienone is 2. The van der Waals surface area contributed by atoms with Crippen molar-refractivity contribution < 1.29 is 4.79 Å². The molecular formula is C8H11NOS. The van der Waals surface area contributed by atoms with Gasteiger partial charge in [-0.05, 0) is 19.2 Å². The third-order valence-electron chi connectivity index (χ3n) is 1.65. The van der Waals surface area contributed by atoms with Gasteiger partial charge in [-0.15, -0.1) is 12.6 Å². The standard InChI is InChI=1S/C8H11NOS/c1-2-9-5-3-4-7(6-9)8(10)11/h3-5H,2,6H2,1H3,(H,10,11). The minimum Gasteiger partial charge on any atom is -0.373 e. The molecule has 0 aromatic heterocycles. The van der Waals surface area contributed by atoms with Crippen LogP contribution < -0.4 is 0 Å². The molecule has 0 radical (unpaired) electrons. The summed E-state index contributed by atoms with van der Waals surface area (Å²) in [6.45, 7) is 3.67. The second kappa shape index (κ2) is 3.62. The topological polar surface area (TPSA) is 20.3 Å². The number of rotatable bonds is 2. The molecule has 60 valence electrons. The van der Waals surface area contributed by atoms with Gasteiger partial charge in [-0.1, -0.05) is 6.08 Å². The SMILES string of the molecule is CCN1C=CC=C(C(=O)S)C1. The highest BCUT2D eigenvalue weighted by atomic mass is 32.1. The van der Waals surface area contributed by atoms with Crippen LogP contribution in [0.5, 0.6) is 0 Å². The lowest BCUT2D eigenvalue weighted by molar-refractivity contribution is -0.107. The van der Waals surface area contributed by atoms with E-state index >= 15 is 0 Å². The molecule has 11 heavy (non-hydrogen) atoms. The van der Waals surface area contributed by atoms with E-state index in [1.807, 2.05) is 18.4 Å². The van der Waals surface area contributed by atoms with Crippen molar-refractivity contribution in [2.75, 3.05) is 13.1 Å². The minimum absolute atomic E-state index is 0.132. The van der Waals surface area contributed by atoms with Crippen LogP contribution in [0.25, 0.3) is 0 Å². The summed E-state index contributed by atoms with van der Waals surface area (Å²) in [5.41, 5.74) is 0.762. The zero-order chi connectivity index (χ0) is 8.27. The monoisotopic (exact) mass is 169 g/mol. The van der Waals surface area contributed by atoms with Gasteiger partial charge in [0.15, 0.2) is 0 Å². The Morgan fingerprint density at radius 2 is 2.55 bits per heavy atom. The molecular weight excluding hydrogens is 158 g/mol. The third-order valence-corrected chi connectivity index (χ3v) is 1.94. The molecule has 0 atom stereocenters. The van der Waals surface area contributed by atoms with Crippen molar-refractivity contribution in [3.8, 4) is 0 Å². The first-order chi connectivity index (χ1) is 5.24. The van der Waals surface area contributed by atoms with Crippen LogP contribution in [0.4, 0.5) is 0 Å². The number of hydrogen-bond acceptors (Lipinski definition) is 2. The van der Waals surface area contributed by atoms with Gasteiger partial charge in [0, 0.05) is 18.7 Å². The van der Waals surface area contributed by atoms with Crippen molar-refractivity contribution in [1.29, 1.82) is 0 Å². The average molecular weight is 169 g/mol. The molecule has 0 saturated carbocycles. The maximum absolute atomic E-state index is 10.8. The van der Waals surface area contributed by atoms with Gasteiger partial charge in [0.25, 0.3) is 0 Å². The second-order valence-electron chi connectivity index (χ2n) is 2.40. The van der Waals surface area contributed by atoms with E-state index in [0.717, 1.165) is 12.1 Å². The summed E-state index contributed by atoms with van der Waals surface area (Å²) < 4.78 is 0. The first-order valence-corrected chi connectivity index (χ1v) is 4.03. The summed E-state index contributed by atoms with van der Waals surface area (Å²) in [6.07, 6.45) is 5.65. The van der Waals surface area contributed by atoms with Crippen LogP contribution in [-0.4, -0.2) is 23.1 Å². The Kier molecular flexibility index (Phi) is 2.76. The van der Waals surface area contributed by atoms with E-state index in [-0.39, 0.29) is 5.12 Å². The molecule has 0 aliphatic carbocycles. The highest BCUT2D eigenvalue weighted by molar-refractivity contribution is 7.97. The summed E-state index contributed by atoms with van der Waals surface area (Å²) in [5, 5.41) is -0.132. The highest BCUT2D eigenvalue weighted by Crippen LogP contribution is 2.09. The van der Waals surface area contributed by atoms with Gasteiger partial charge in [-0.2, -0.15) is 0 Å². The molecule has 3 heteroatoms. The van der Waals surface area contributed by atoms with Crippen molar-refractivity contribution in [1.82, 2.24) is 4.90 Å². The van der Waals surface area contributed by atoms with E-state index in [1.54, 1.807) is 0 Å². The molecule has 1 rings (SSSR count). The molecule has 2 nitrogen and oxygen atoms in total. The van der Waals surface area contributed by atoms with E-state index in [1.165, 1.54) is 0 Å². The molecule has 0 saturated heterocycles. The number of likely N-dealkylation sites (N-methyl/N-ethyl adjacent to an activating group) is 1. The Hall–Kier alpha value is -0.700. The fraction of sp³-hybridized carbons (Fsp3) is 0.375. The van der Waals surface area contributed by atoms with Gasteiger partial charge < -0.3 is 4.90 Å². The first kappa shape index (κ1) is 8.40. The predicted molar refractivity (Wildman–Crippen MR) is 48.5 cm³/mol. The highest BCUT2D eigenvalue weighted by Gasteiger charge is 2.09. The zero-order valence-electron chi connectivity index (χ0n) is 6.45. The lowest BCUT2D eigenvalue weighted by Gasteiger charge is -2.21. The molecule has 0 amide bonds. The van der Waals surface area contributed by atoms with E-state index in [2.05, 4.69) is 24.5 Å². The number of nitrogens with zero attached hydrogens (tertiary/aromatic N) is 1. The van der Waals surface area contributed by atoms with Crippen LogP contribution in [0, 0.1) is 0 Å². The van der Waals surface area contributed by atoms with Gasteiger partial charge in [0.05, 0.1) is 0 Å². The lowest BCUT2D eigenvalue weighted by Crippen LogP contribution is -2.23. The van der Waals surface area contributed by atoms with Gasteiger partial charge >= 0.3 is 0 Å². The minimum atomic E-state index is -0.132. The van der Waals surface area contributed by atoms with E-state index < -0.39 is 0 Å². The van der Waals surface area contributed by atoms with Gasteiger partial charge in [-0.3, -0.25) is 4.79 Å². The lowest BCUT2D eigenvalue weighted by atomic mass is 10.2. The van der Waals surface area contributed by atoms with E-state index in [0.29, 0.717) is 6.54 Å². The van der Waals surface area contributed by atoms with Crippen LogP contribution >= 0.6 is 12.6 Å². The average Bonchev–Trinajstić information content (AvgIpc) is 2.05. The van der Waals surface area contributed by atoms with Crippen LogP contribution in [0.1, 0.15) is 6.92 Å². The van der Waals surface area contributed by atoms with Crippen molar-refractivity contribution in [3.05, 3.63) is 23.9 Å². The summed E-state index contributed by atoms with van der Waals surface area (Å²) in [6, 6.07) is 0. The van der Waals surface area contributed by atoms with Gasteiger partial charge in [-0.25, -0.2) is 0 Å². The molecule has 0 bridgehead atoms. The Morgan fingerprint density at radius 1 is 1.82 bits per heavy atom. The van der Waals surface area contributed by atoms with Crippen LogP contribution in [0.3, 0.4) is 0 Å². The van der Waals surface area contributed by atoms with E-state index in [4.69, 9.17) is 0 Å². The normalized spacial score (nSPS) is 16.5. The Labute approximate surface area is 72.0 Å². The summed E-state index contributed by atoms with van der Waals surface area (Å²) in [4.78, 5) is 12.9. The molecule has 0 aromatic carbocycles. The van der Waals surface area contributed by atoms with Crippen molar-refractivity contribution in [2.45, 2.75) is 6.92 Å².